The highest BCUT2D eigenvalue weighted by Gasteiger charge is 2.19. The lowest BCUT2D eigenvalue weighted by Gasteiger charge is -2.14. The summed E-state index contributed by atoms with van der Waals surface area (Å²) in [7, 11) is 0. The third-order valence-corrected chi connectivity index (χ3v) is 3.57. The van der Waals surface area contributed by atoms with Gasteiger partial charge in [-0.2, -0.15) is 0 Å². The van der Waals surface area contributed by atoms with Gasteiger partial charge in [-0.05, 0) is 13.3 Å². The van der Waals surface area contributed by atoms with E-state index in [0.717, 1.165) is 16.8 Å². The van der Waals surface area contributed by atoms with Crippen molar-refractivity contribution in [1.82, 2.24) is 0 Å². The Morgan fingerprint density at radius 2 is 1.60 bits per heavy atom. The number of hydrogen-bond donors (Lipinski definition) is 1. The Kier molecular flexibility index (Phi) is 7.60. The first-order valence-electron chi connectivity index (χ1n) is 8.37. The molecule has 0 fully saturated rings. The van der Waals surface area contributed by atoms with Gasteiger partial charge >= 0.3 is 5.97 Å². The maximum absolute atomic E-state index is 12.3. The molecule has 1 unspecified atom stereocenters. The fraction of sp³-hybridized carbons (Fsp3) is 0.238. The number of ether oxygens (including phenoxy) is 1. The zero-order valence-electron chi connectivity index (χ0n) is 14.3. The van der Waals surface area contributed by atoms with Crippen molar-refractivity contribution in [2.75, 3.05) is 13.2 Å². The molecule has 0 aromatic heterocycles. The van der Waals surface area contributed by atoms with E-state index in [1.165, 1.54) is 0 Å². The quantitative estimate of drug-likeness (QED) is 0.456. The van der Waals surface area contributed by atoms with Crippen molar-refractivity contribution in [3.05, 3.63) is 83.9 Å². The molecule has 0 saturated heterocycles. The summed E-state index contributed by atoms with van der Waals surface area (Å²) in [6, 6.07) is 18.9. The largest absolute Gasteiger partial charge is 0.464 e. The number of nitrogens with zero attached hydrogens (tertiary/aromatic N) is 1. The lowest BCUT2D eigenvalue weighted by Crippen LogP contribution is -2.23. The van der Waals surface area contributed by atoms with E-state index in [1.807, 2.05) is 60.7 Å². The number of hydrogen-bond acceptors (Lipinski definition) is 4. The Morgan fingerprint density at radius 3 is 2.08 bits per heavy atom. The van der Waals surface area contributed by atoms with Crippen molar-refractivity contribution in [1.29, 1.82) is 0 Å². The standard InChI is InChI=1S/C21H23NO3/c1-2-25-21(24)19(15-9-10-16-23)22-20(17-11-5-3-6-12-17)18-13-7-4-8-14-18/h3-14,19,23H,2,15-16H2,1H3/b10-9-. The first-order valence-corrected chi connectivity index (χ1v) is 8.37. The highest BCUT2D eigenvalue weighted by atomic mass is 16.5. The van der Waals surface area contributed by atoms with Crippen LogP contribution >= 0.6 is 0 Å². The van der Waals surface area contributed by atoms with Crippen molar-refractivity contribution in [2.45, 2.75) is 19.4 Å². The molecule has 1 atom stereocenters. The second-order valence-electron chi connectivity index (χ2n) is 5.37. The minimum atomic E-state index is -0.654. The molecule has 1 N–H and O–H groups in total. The molecule has 0 aliphatic heterocycles. The maximum atomic E-state index is 12.3. The van der Waals surface area contributed by atoms with E-state index in [1.54, 1.807) is 19.1 Å². The van der Waals surface area contributed by atoms with Crippen molar-refractivity contribution in [3.63, 3.8) is 0 Å². The van der Waals surface area contributed by atoms with Gasteiger partial charge in [0.1, 0.15) is 0 Å². The Labute approximate surface area is 148 Å². The van der Waals surface area contributed by atoms with Gasteiger partial charge in [-0.1, -0.05) is 72.8 Å². The predicted molar refractivity (Wildman–Crippen MR) is 99.8 cm³/mol. The topological polar surface area (TPSA) is 58.9 Å². The molecule has 25 heavy (non-hydrogen) atoms. The van der Waals surface area contributed by atoms with Crippen molar-refractivity contribution < 1.29 is 14.6 Å². The third-order valence-electron chi connectivity index (χ3n) is 3.57. The second-order valence-corrected chi connectivity index (χ2v) is 5.37. The number of aliphatic hydroxyl groups is 1. The number of carbonyl (C=O) groups is 1. The summed E-state index contributed by atoms with van der Waals surface area (Å²) in [4.78, 5) is 17.0. The average Bonchev–Trinajstić information content (AvgIpc) is 2.66. The molecule has 0 amide bonds. The number of aliphatic imine (C=N–C) groups is 1. The van der Waals surface area contributed by atoms with Crippen LogP contribution in [0.4, 0.5) is 0 Å². The molecule has 4 nitrogen and oxygen atoms in total. The lowest BCUT2D eigenvalue weighted by atomic mass is 10.0. The summed E-state index contributed by atoms with van der Waals surface area (Å²) >= 11 is 0. The van der Waals surface area contributed by atoms with Gasteiger partial charge in [0.2, 0.25) is 0 Å². The molecule has 0 saturated carbocycles. The molecular formula is C21H23NO3. The number of rotatable bonds is 8. The monoisotopic (exact) mass is 337 g/mol. The van der Waals surface area contributed by atoms with Crippen molar-refractivity contribution in [2.24, 2.45) is 4.99 Å². The van der Waals surface area contributed by atoms with Crippen LogP contribution in [-0.2, 0) is 9.53 Å². The SMILES string of the molecule is CCOC(=O)C(C/C=C\CO)N=C(c1ccccc1)c1ccccc1. The zero-order valence-corrected chi connectivity index (χ0v) is 14.3. The third kappa shape index (κ3) is 5.69. The molecule has 2 rings (SSSR count). The van der Waals surface area contributed by atoms with E-state index in [-0.39, 0.29) is 12.6 Å². The first kappa shape index (κ1) is 18.6. The van der Waals surface area contributed by atoms with Crippen LogP contribution in [0, 0.1) is 0 Å². The Balaban J connectivity index is 2.44. The Morgan fingerprint density at radius 1 is 1.04 bits per heavy atom. The van der Waals surface area contributed by atoms with Crippen LogP contribution in [0.2, 0.25) is 0 Å². The average molecular weight is 337 g/mol. The summed E-state index contributed by atoms with van der Waals surface area (Å²) in [6.07, 6.45) is 3.73. The first-order chi connectivity index (χ1) is 12.3. The van der Waals surface area contributed by atoms with E-state index in [0.29, 0.717) is 13.0 Å². The highest BCUT2D eigenvalue weighted by molar-refractivity contribution is 6.13. The maximum Gasteiger partial charge on any atom is 0.331 e. The smallest absolute Gasteiger partial charge is 0.331 e. The summed E-state index contributed by atoms with van der Waals surface area (Å²) < 4.78 is 5.16. The van der Waals surface area contributed by atoms with Gasteiger partial charge in [-0.25, -0.2) is 4.79 Å². The minimum Gasteiger partial charge on any atom is -0.464 e. The van der Waals surface area contributed by atoms with Gasteiger partial charge < -0.3 is 9.84 Å². The van der Waals surface area contributed by atoms with Gasteiger partial charge in [-0.3, -0.25) is 4.99 Å². The minimum absolute atomic E-state index is 0.0660. The Hall–Kier alpha value is -2.72. The Bertz CT molecular complexity index is 667. The van der Waals surface area contributed by atoms with Crippen LogP contribution in [0.1, 0.15) is 24.5 Å². The number of aliphatic hydroxyl groups excluding tert-OH is 1. The van der Waals surface area contributed by atoms with E-state index >= 15 is 0 Å². The van der Waals surface area contributed by atoms with E-state index < -0.39 is 6.04 Å². The van der Waals surface area contributed by atoms with Crippen LogP contribution < -0.4 is 0 Å². The number of esters is 1. The van der Waals surface area contributed by atoms with Crippen molar-refractivity contribution >= 4 is 11.7 Å². The van der Waals surface area contributed by atoms with E-state index in [9.17, 15) is 4.79 Å². The van der Waals surface area contributed by atoms with Gasteiger partial charge in [0.15, 0.2) is 6.04 Å². The zero-order chi connectivity index (χ0) is 17.9. The second kappa shape index (κ2) is 10.2. The summed E-state index contributed by atoms with van der Waals surface area (Å²) in [5, 5.41) is 8.92. The summed E-state index contributed by atoms with van der Waals surface area (Å²) in [6.45, 7) is 2.02. The molecule has 2 aromatic rings. The predicted octanol–water partition coefficient (Wildman–Crippen LogP) is 3.39. The van der Waals surface area contributed by atoms with Gasteiger partial charge in [0.05, 0.1) is 18.9 Å². The molecule has 130 valence electrons. The highest BCUT2D eigenvalue weighted by Crippen LogP contribution is 2.14. The van der Waals surface area contributed by atoms with Crippen LogP contribution in [0.3, 0.4) is 0 Å². The van der Waals surface area contributed by atoms with E-state index in [4.69, 9.17) is 14.8 Å². The molecule has 0 radical (unpaired) electrons. The number of carbonyl (C=O) groups excluding carboxylic acids is 1. The number of benzene rings is 2. The molecule has 0 heterocycles. The molecular weight excluding hydrogens is 314 g/mol. The molecule has 0 aliphatic rings. The van der Waals surface area contributed by atoms with Gasteiger partial charge in [-0.15, -0.1) is 0 Å². The van der Waals surface area contributed by atoms with Crippen LogP contribution in [0.25, 0.3) is 0 Å². The fourth-order valence-corrected chi connectivity index (χ4v) is 2.40. The summed E-state index contributed by atoms with van der Waals surface area (Å²) in [5.41, 5.74) is 2.62. The molecule has 0 spiro atoms. The van der Waals surface area contributed by atoms with Crippen molar-refractivity contribution in [3.8, 4) is 0 Å². The lowest BCUT2D eigenvalue weighted by molar-refractivity contribution is -0.144. The summed E-state index contributed by atoms with van der Waals surface area (Å²) in [5.74, 6) is -0.366. The van der Waals surface area contributed by atoms with E-state index in [2.05, 4.69) is 0 Å². The normalized spacial score (nSPS) is 11.9. The molecule has 2 aromatic carbocycles. The molecule has 0 bridgehead atoms. The fourth-order valence-electron chi connectivity index (χ4n) is 2.40. The van der Waals surface area contributed by atoms with Crippen LogP contribution in [0.5, 0.6) is 0 Å². The van der Waals surface area contributed by atoms with Crippen LogP contribution in [0.15, 0.2) is 77.8 Å². The van der Waals surface area contributed by atoms with Gasteiger partial charge in [0, 0.05) is 11.1 Å². The molecule has 0 aliphatic carbocycles. The van der Waals surface area contributed by atoms with Crippen LogP contribution in [-0.4, -0.2) is 36.0 Å². The van der Waals surface area contributed by atoms with Gasteiger partial charge in [0.25, 0.3) is 0 Å². The molecule has 4 heteroatoms.